The Bertz CT molecular complexity index is 528. The third kappa shape index (κ3) is 4.40. The summed E-state index contributed by atoms with van der Waals surface area (Å²) in [6, 6.07) is 1.70. The van der Waals surface area contributed by atoms with Crippen LogP contribution >= 0.6 is 0 Å². The summed E-state index contributed by atoms with van der Waals surface area (Å²) < 4.78 is 39.7. The molecule has 1 aliphatic rings. The summed E-state index contributed by atoms with van der Waals surface area (Å²) in [5, 5.41) is 0. The Labute approximate surface area is 124 Å². The Morgan fingerprint density at radius 3 is 2.36 bits per heavy atom. The van der Waals surface area contributed by atoms with E-state index in [1.807, 2.05) is 4.90 Å². The maximum Gasteiger partial charge on any atom is 0.491 e. The van der Waals surface area contributed by atoms with Gasteiger partial charge in [-0.2, -0.15) is 13.2 Å². The number of ether oxygens (including phenoxy) is 1. The number of esters is 2. The maximum atomic E-state index is 12.0. The third-order valence-corrected chi connectivity index (χ3v) is 3.34. The van der Waals surface area contributed by atoms with Crippen molar-refractivity contribution in [2.24, 2.45) is 5.92 Å². The van der Waals surface area contributed by atoms with E-state index in [-0.39, 0.29) is 12.3 Å². The molecule has 0 bridgehead atoms. The Morgan fingerprint density at radius 2 is 1.82 bits per heavy atom. The van der Waals surface area contributed by atoms with E-state index in [0.717, 1.165) is 0 Å². The van der Waals surface area contributed by atoms with Gasteiger partial charge in [0.05, 0.1) is 0 Å². The molecule has 0 N–H and O–H groups in total. The highest BCUT2D eigenvalue weighted by Crippen LogP contribution is 2.24. The molecule has 9 heteroatoms. The minimum absolute atomic E-state index is 0.117. The Morgan fingerprint density at radius 1 is 1.23 bits per heavy atom. The van der Waals surface area contributed by atoms with E-state index in [0.29, 0.717) is 31.9 Å². The third-order valence-electron chi connectivity index (χ3n) is 3.34. The monoisotopic (exact) mass is 317 g/mol. The highest BCUT2D eigenvalue weighted by Gasteiger charge is 2.42. The first-order chi connectivity index (χ1) is 10.4. The van der Waals surface area contributed by atoms with Gasteiger partial charge >= 0.3 is 18.1 Å². The predicted octanol–water partition coefficient (Wildman–Crippen LogP) is 1.72. The van der Waals surface area contributed by atoms with Gasteiger partial charge in [-0.3, -0.25) is 4.79 Å². The number of aromatic nitrogens is 2. The number of hydrogen-bond acceptors (Lipinski definition) is 6. The molecule has 120 valence electrons. The van der Waals surface area contributed by atoms with E-state index in [9.17, 15) is 22.8 Å². The van der Waals surface area contributed by atoms with Crippen LogP contribution in [0.25, 0.3) is 0 Å². The largest absolute Gasteiger partial charge is 0.491 e. The molecule has 1 aliphatic heterocycles. The van der Waals surface area contributed by atoms with E-state index in [1.54, 1.807) is 18.5 Å². The average molecular weight is 317 g/mol. The van der Waals surface area contributed by atoms with Gasteiger partial charge in [-0.05, 0) is 24.8 Å². The van der Waals surface area contributed by atoms with Crippen molar-refractivity contribution >= 4 is 17.9 Å². The number of carbonyl (C=O) groups excluding carboxylic acids is 2. The smallest absolute Gasteiger partial charge is 0.386 e. The first kappa shape index (κ1) is 16.2. The van der Waals surface area contributed by atoms with Crippen LogP contribution in [0.2, 0.25) is 0 Å². The molecule has 1 saturated heterocycles. The summed E-state index contributed by atoms with van der Waals surface area (Å²) in [7, 11) is 0. The van der Waals surface area contributed by atoms with E-state index in [4.69, 9.17) is 0 Å². The lowest BCUT2D eigenvalue weighted by Crippen LogP contribution is -2.36. The van der Waals surface area contributed by atoms with Crippen LogP contribution in [-0.2, 0) is 14.3 Å². The minimum atomic E-state index is -5.15. The first-order valence-electron chi connectivity index (χ1n) is 6.70. The molecule has 0 aromatic carbocycles. The zero-order valence-electron chi connectivity index (χ0n) is 11.5. The lowest BCUT2D eigenvalue weighted by Gasteiger charge is -2.31. The topological polar surface area (TPSA) is 72.4 Å². The summed E-state index contributed by atoms with van der Waals surface area (Å²) in [4.78, 5) is 32.0. The van der Waals surface area contributed by atoms with Crippen LogP contribution in [0.4, 0.5) is 19.1 Å². The number of carbonyl (C=O) groups is 2. The van der Waals surface area contributed by atoms with Crippen molar-refractivity contribution in [2.45, 2.75) is 25.4 Å². The fourth-order valence-corrected chi connectivity index (χ4v) is 2.23. The molecule has 0 amide bonds. The van der Waals surface area contributed by atoms with Crippen LogP contribution in [0.3, 0.4) is 0 Å². The van der Waals surface area contributed by atoms with E-state index < -0.39 is 18.1 Å². The molecular formula is C13H14F3N3O3. The fraction of sp³-hybridized carbons (Fsp3) is 0.538. The van der Waals surface area contributed by atoms with Gasteiger partial charge < -0.3 is 9.64 Å². The van der Waals surface area contributed by atoms with Crippen LogP contribution in [-0.4, -0.2) is 41.2 Å². The highest BCUT2D eigenvalue weighted by atomic mass is 19.4. The second-order valence-corrected chi connectivity index (χ2v) is 4.94. The molecule has 1 aromatic heterocycles. The SMILES string of the molecule is O=C(CC1CCN(c2ncccn2)CC1)OC(=O)C(F)(F)F. The summed E-state index contributed by atoms with van der Waals surface area (Å²) in [5.41, 5.74) is 0. The van der Waals surface area contributed by atoms with Crippen molar-refractivity contribution in [3.63, 3.8) is 0 Å². The zero-order chi connectivity index (χ0) is 16.2. The number of anilines is 1. The van der Waals surface area contributed by atoms with E-state index in [2.05, 4.69) is 14.7 Å². The van der Waals surface area contributed by atoms with Gasteiger partial charge in [0.25, 0.3) is 0 Å². The second kappa shape index (κ2) is 6.71. The number of hydrogen-bond donors (Lipinski definition) is 0. The summed E-state index contributed by atoms with van der Waals surface area (Å²) in [6.45, 7) is 1.18. The van der Waals surface area contributed by atoms with Gasteiger partial charge in [0.2, 0.25) is 5.95 Å². The van der Waals surface area contributed by atoms with Gasteiger partial charge in [-0.15, -0.1) is 0 Å². The average Bonchev–Trinajstić information content (AvgIpc) is 2.48. The van der Waals surface area contributed by atoms with Gasteiger partial charge in [0.15, 0.2) is 0 Å². The molecule has 0 saturated carbocycles. The number of alkyl halides is 3. The fourth-order valence-electron chi connectivity index (χ4n) is 2.23. The molecule has 2 heterocycles. The quantitative estimate of drug-likeness (QED) is 0.624. The van der Waals surface area contributed by atoms with Crippen LogP contribution in [0.5, 0.6) is 0 Å². The van der Waals surface area contributed by atoms with Gasteiger partial charge in [-0.25, -0.2) is 14.8 Å². The molecule has 2 rings (SSSR count). The van der Waals surface area contributed by atoms with E-state index in [1.165, 1.54) is 0 Å². The van der Waals surface area contributed by atoms with Crippen molar-refractivity contribution in [3.05, 3.63) is 18.5 Å². The standard InChI is InChI=1S/C13H14F3N3O3/c14-13(15,16)11(21)22-10(20)8-9-2-6-19(7-3-9)12-17-4-1-5-18-12/h1,4-5,9H,2-3,6-8H2. The Balaban J connectivity index is 1.78. The molecular weight excluding hydrogens is 303 g/mol. The van der Waals surface area contributed by atoms with Crippen molar-refractivity contribution in [1.82, 2.24) is 9.97 Å². The first-order valence-corrected chi connectivity index (χ1v) is 6.70. The van der Waals surface area contributed by atoms with E-state index >= 15 is 0 Å². The molecule has 0 radical (unpaired) electrons. The molecule has 0 spiro atoms. The number of halogens is 3. The minimum Gasteiger partial charge on any atom is -0.386 e. The molecule has 0 atom stereocenters. The Kier molecular flexibility index (Phi) is 4.94. The second-order valence-electron chi connectivity index (χ2n) is 4.94. The summed E-state index contributed by atoms with van der Waals surface area (Å²) in [5.74, 6) is -3.14. The lowest BCUT2D eigenvalue weighted by molar-refractivity contribution is -0.202. The van der Waals surface area contributed by atoms with Gasteiger partial charge in [0, 0.05) is 31.9 Å². The number of rotatable bonds is 3. The Hall–Kier alpha value is -2.19. The van der Waals surface area contributed by atoms with Crippen molar-refractivity contribution < 1.29 is 27.5 Å². The van der Waals surface area contributed by atoms with Crippen LogP contribution in [0.15, 0.2) is 18.5 Å². The van der Waals surface area contributed by atoms with Crippen molar-refractivity contribution in [2.75, 3.05) is 18.0 Å². The summed E-state index contributed by atoms with van der Waals surface area (Å²) in [6.07, 6.45) is -0.931. The van der Waals surface area contributed by atoms with Crippen molar-refractivity contribution in [3.8, 4) is 0 Å². The van der Waals surface area contributed by atoms with Gasteiger partial charge in [-0.1, -0.05) is 0 Å². The lowest BCUT2D eigenvalue weighted by atomic mass is 9.94. The number of nitrogens with zero attached hydrogens (tertiary/aromatic N) is 3. The number of piperidine rings is 1. The summed E-state index contributed by atoms with van der Waals surface area (Å²) >= 11 is 0. The van der Waals surface area contributed by atoms with Crippen LogP contribution in [0, 0.1) is 5.92 Å². The van der Waals surface area contributed by atoms with Gasteiger partial charge in [0.1, 0.15) is 0 Å². The molecule has 0 aliphatic carbocycles. The molecule has 1 aromatic rings. The zero-order valence-corrected chi connectivity index (χ0v) is 11.5. The predicted molar refractivity (Wildman–Crippen MR) is 68.7 cm³/mol. The molecule has 0 unspecified atom stereocenters. The highest BCUT2D eigenvalue weighted by molar-refractivity contribution is 5.88. The normalized spacial score (nSPS) is 16.4. The van der Waals surface area contributed by atoms with Crippen molar-refractivity contribution in [1.29, 1.82) is 0 Å². The molecule has 1 fully saturated rings. The van der Waals surface area contributed by atoms with Crippen LogP contribution < -0.4 is 4.90 Å². The molecule has 6 nitrogen and oxygen atoms in total. The molecule has 22 heavy (non-hydrogen) atoms. The van der Waals surface area contributed by atoms with Crippen LogP contribution in [0.1, 0.15) is 19.3 Å². The maximum absolute atomic E-state index is 12.0.